The first-order valence-electron chi connectivity index (χ1n) is 11.6. The van der Waals surface area contributed by atoms with Crippen LogP contribution < -0.4 is 10.6 Å². The highest BCUT2D eigenvalue weighted by Crippen LogP contribution is 2.52. The van der Waals surface area contributed by atoms with Crippen molar-refractivity contribution in [3.05, 3.63) is 12.2 Å². The number of amides is 2. The first-order valence-corrected chi connectivity index (χ1v) is 11.6. The number of guanidine groups is 1. The molecule has 2 N–H and O–H groups in total. The average Bonchev–Trinajstić information content (AvgIpc) is 3.40. The van der Waals surface area contributed by atoms with E-state index in [-0.39, 0.29) is 35.5 Å². The van der Waals surface area contributed by atoms with Crippen molar-refractivity contribution in [2.75, 3.05) is 39.8 Å². The number of likely N-dealkylation sites (N-methyl/N-ethyl adjacent to an activating group) is 1. The van der Waals surface area contributed by atoms with Crippen molar-refractivity contribution >= 4 is 17.8 Å². The summed E-state index contributed by atoms with van der Waals surface area (Å²) in [5, 5.41) is 6.72. The Morgan fingerprint density at radius 1 is 1.13 bits per heavy atom. The molecule has 1 aliphatic heterocycles. The number of aliphatic imine (C=N–C) groups is 1. The van der Waals surface area contributed by atoms with Gasteiger partial charge in [0.1, 0.15) is 0 Å². The number of hydrogen-bond donors (Lipinski definition) is 2. The standard InChI is InChI=1S/C23H39N5O2/c1-6-27(7-2)18(12-15(3)4)14-26-23(24-5)25-10-11-28-21(29)19-16-8-9-17(13-16)20(19)22(28)30/h8-9,15-20H,6-7,10-14H2,1-5H3,(H2,24,25,26). The number of allylic oxidation sites excluding steroid dienone is 2. The van der Waals surface area contributed by atoms with Crippen molar-refractivity contribution in [1.82, 2.24) is 20.4 Å². The highest BCUT2D eigenvalue weighted by atomic mass is 16.2. The number of carbonyl (C=O) groups is 2. The summed E-state index contributed by atoms with van der Waals surface area (Å²) in [6, 6.07) is 0.447. The van der Waals surface area contributed by atoms with Gasteiger partial charge < -0.3 is 10.6 Å². The number of nitrogens with one attached hydrogen (secondary N) is 2. The minimum Gasteiger partial charge on any atom is -0.355 e. The number of fused-ring (bicyclic) bond motifs is 5. The van der Waals surface area contributed by atoms with Gasteiger partial charge in [-0.25, -0.2) is 0 Å². The molecule has 0 radical (unpaired) electrons. The van der Waals surface area contributed by atoms with Gasteiger partial charge in [0.2, 0.25) is 11.8 Å². The van der Waals surface area contributed by atoms with E-state index in [2.05, 4.69) is 60.4 Å². The lowest BCUT2D eigenvalue weighted by molar-refractivity contribution is -0.140. The van der Waals surface area contributed by atoms with Gasteiger partial charge in [-0.15, -0.1) is 0 Å². The van der Waals surface area contributed by atoms with E-state index in [9.17, 15) is 9.59 Å². The maximum atomic E-state index is 12.8. The third kappa shape index (κ3) is 4.56. The molecule has 168 valence electrons. The fourth-order valence-electron chi connectivity index (χ4n) is 5.55. The summed E-state index contributed by atoms with van der Waals surface area (Å²) >= 11 is 0. The molecule has 3 rings (SSSR count). The van der Waals surface area contributed by atoms with Crippen LogP contribution in [0.1, 0.15) is 40.5 Å². The molecule has 0 spiro atoms. The normalized spacial score (nSPS) is 28.8. The molecule has 7 nitrogen and oxygen atoms in total. The molecule has 0 aromatic heterocycles. The summed E-state index contributed by atoms with van der Waals surface area (Å²) in [7, 11) is 1.75. The summed E-state index contributed by atoms with van der Waals surface area (Å²) in [5.74, 6) is 1.69. The second-order valence-corrected chi connectivity index (χ2v) is 9.21. The maximum Gasteiger partial charge on any atom is 0.233 e. The van der Waals surface area contributed by atoms with Gasteiger partial charge in [-0.05, 0) is 43.7 Å². The van der Waals surface area contributed by atoms with Gasteiger partial charge in [0.25, 0.3) is 0 Å². The Bertz CT molecular complexity index is 655. The second kappa shape index (κ2) is 9.94. The lowest BCUT2D eigenvalue weighted by Crippen LogP contribution is -2.49. The summed E-state index contributed by atoms with van der Waals surface area (Å²) < 4.78 is 0. The predicted octanol–water partition coefficient (Wildman–Crippen LogP) is 1.72. The van der Waals surface area contributed by atoms with Gasteiger partial charge >= 0.3 is 0 Å². The molecule has 1 saturated carbocycles. The van der Waals surface area contributed by atoms with Crippen molar-refractivity contribution in [2.24, 2.45) is 34.6 Å². The van der Waals surface area contributed by atoms with Gasteiger partial charge in [0.15, 0.2) is 5.96 Å². The SMILES string of the molecule is CCN(CC)C(CNC(=NC)NCCN1C(=O)C2C3C=CC(C3)C2C1=O)CC(C)C. The highest BCUT2D eigenvalue weighted by Gasteiger charge is 2.58. The van der Waals surface area contributed by atoms with Crippen LogP contribution in [-0.2, 0) is 9.59 Å². The van der Waals surface area contributed by atoms with E-state index in [0.717, 1.165) is 38.4 Å². The average molecular weight is 418 g/mol. The predicted molar refractivity (Wildman–Crippen MR) is 120 cm³/mol. The zero-order chi connectivity index (χ0) is 21.8. The summed E-state index contributed by atoms with van der Waals surface area (Å²) in [6.45, 7) is 12.7. The molecule has 0 aromatic carbocycles. The second-order valence-electron chi connectivity index (χ2n) is 9.21. The van der Waals surface area contributed by atoms with Crippen molar-refractivity contribution in [3.63, 3.8) is 0 Å². The van der Waals surface area contributed by atoms with Crippen molar-refractivity contribution < 1.29 is 9.59 Å². The third-order valence-corrected chi connectivity index (χ3v) is 6.99. The van der Waals surface area contributed by atoms with E-state index >= 15 is 0 Å². The summed E-state index contributed by atoms with van der Waals surface area (Å²) in [6.07, 6.45) is 6.36. The largest absolute Gasteiger partial charge is 0.355 e. The molecule has 1 heterocycles. The number of rotatable bonds is 10. The van der Waals surface area contributed by atoms with Gasteiger partial charge in [0.05, 0.1) is 11.8 Å². The van der Waals surface area contributed by atoms with E-state index < -0.39 is 0 Å². The molecule has 0 aromatic rings. The van der Waals surface area contributed by atoms with Gasteiger partial charge in [-0.2, -0.15) is 0 Å². The van der Waals surface area contributed by atoms with Crippen LogP contribution in [0.4, 0.5) is 0 Å². The maximum absolute atomic E-state index is 12.8. The van der Waals surface area contributed by atoms with E-state index in [1.165, 1.54) is 4.90 Å². The van der Waals surface area contributed by atoms with E-state index in [0.29, 0.717) is 25.0 Å². The Kier molecular flexibility index (Phi) is 7.55. The monoisotopic (exact) mass is 417 g/mol. The van der Waals surface area contributed by atoms with Crippen LogP contribution in [0.25, 0.3) is 0 Å². The fraction of sp³-hybridized carbons (Fsp3) is 0.783. The number of nitrogens with zero attached hydrogens (tertiary/aromatic N) is 3. The molecule has 5 unspecified atom stereocenters. The molecule has 3 aliphatic rings. The van der Waals surface area contributed by atoms with Crippen LogP contribution in [-0.4, -0.2) is 73.4 Å². The van der Waals surface area contributed by atoms with Crippen LogP contribution in [0.3, 0.4) is 0 Å². The Labute approximate surface area is 181 Å². The fourth-order valence-corrected chi connectivity index (χ4v) is 5.55. The topological polar surface area (TPSA) is 77.0 Å². The number of carbonyl (C=O) groups excluding carboxylic acids is 2. The minimum absolute atomic E-state index is 0.0186. The summed E-state index contributed by atoms with van der Waals surface area (Å²) in [5.41, 5.74) is 0. The quantitative estimate of drug-likeness (QED) is 0.245. The van der Waals surface area contributed by atoms with Crippen LogP contribution in [0.2, 0.25) is 0 Å². The molecule has 1 saturated heterocycles. The molecule has 2 amide bonds. The molecule has 2 bridgehead atoms. The lowest BCUT2D eigenvalue weighted by atomic mass is 9.85. The molecule has 2 aliphatic carbocycles. The number of likely N-dealkylation sites (tertiary alicyclic amines) is 1. The zero-order valence-corrected chi connectivity index (χ0v) is 19.2. The van der Waals surface area contributed by atoms with Crippen LogP contribution in [0.15, 0.2) is 17.1 Å². The number of imide groups is 1. The Balaban J connectivity index is 1.48. The molecule has 30 heavy (non-hydrogen) atoms. The Morgan fingerprint density at radius 3 is 2.23 bits per heavy atom. The minimum atomic E-state index is -0.115. The third-order valence-electron chi connectivity index (χ3n) is 6.99. The zero-order valence-electron chi connectivity index (χ0n) is 19.2. The van der Waals surface area contributed by atoms with Crippen LogP contribution >= 0.6 is 0 Å². The number of hydrogen-bond acceptors (Lipinski definition) is 4. The Hall–Kier alpha value is -1.89. The highest BCUT2D eigenvalue weighted by molar-refractivity contribution is 6.06. The molecular weight excluding hydrogens is 378 g/mol. The van der Waals surface area contributed by atoms with Gasteiger partial charge in [-0.1, -0.05) is 39.8 Å². The van der Waals surface area contributed by atoms with Crippen LogP contribution in [0, 0.1) is 29.6 Å². The first kappa shape index (κ1) is 22.8. The molecule has 5 atom stereocenters. The van der Waals surface area contributed by atoms with Crippen LogP contribution in [0.5, 0.6) is 0 Å². The molecule has 2 fully saturated rings. The summed E-state index contributed by atoms with van der Waals surface area (Å²) in [4.78, 5) is 33.8. The first-order chi connectivity index (χ1) is 14.4. The van der Waals surface area contributed by atoms with Crippen molar-refractivity contribution in [3.8, 4) is 0 Å². The Morgan fingerprint density at radius 2 is 1.73 bits per heavy atom. The van der Waals surface area contributed by atoms with Crippen molar-refractivity contribution in [1.29, 1.82) is 0 Å². The van der Waals surface area contributed by atoms with Crippen molar-refractivity contribution in [2.45, 2.75) is 46.6 Å². The molecule has 7 heteroatoms. The molecular formula is C23H39N5O2. The van der Waals surface area contributed by atoms with Gasteiger partial charge in [-0.3, -0.25) is 24.4 Å². The lowest BCUT2D eigenvalue weighted by Gasteiger charge is -2.31. The van der Waals surface area contributed by atoms with E-state index in [1.54, 1.807) is 7.05 Å². The smallest absolute Gasteiger partial charge is 0.233 e. The van der Waals surface area contributed by atoms with Gasteiger partial charge in [0, 0.05) is 32.7 Å². The van der Waals surface area contributed by atoms with E-state index in [4.69, 9.17) is 0 Å². The van der Waals surface area contributed by atoms with E-state index in [1.807, 2.05) is 0 Å².